The zero-order valence-corrected chi connectivity index (χ0v) is 29.2. The van der Waals surface area contributed by atoms with Gasteiger partial charge < -0.3 is 0 Å². The van der Waals surface area contributed by atoms with Crippen LogP contribution in [0.3, 0.4) is 0 Å². The Morgan fingerprint density at radius 3 is 0.595 bits per heavy atom. The van der Waals surface area contributed by atoms with Crippen LogP contribution >= 0.6 is 38.4 Å². The van der Waals surface area contributed by atoms with E-state index in [1.54, 1.807) is 22.6 Å². The number of hydrogen-bond acceptors (Lipinski definition) is 1. The maximum absolute atomic E-state index is 9.43. The summed E-state index contributed by atoms with van der Waals surface area (Å²) in [5, 5.41) is 8.39. The molecule has 6 rings (SSSR count). The van der Waals surface area contributed by atoms with E-state index in [-0.39, 0.29) is 2.30 Å². The SMILES string of the molecule is O=[C](I)[Ir].c1ccc(P(c2ccccc2)c2ccccc2)cc1.c1ccc(P(c2ccccc2)c2ccccc2)cc1. The third kappa shape index (κ3) is 10.2. The first kappa shape index (κ1) is 32.1. The van der Waals surface area contributed by atoms with E-state index in [0.29, 0.717) is 0 Å². The normalized spacial score (nSPS) is 10.2. The first-order valence-corrected chi connectivity index (χ1v) is 18.3. The van der Waals surface area contributed by atoms with Gasteiger partial charge in [0, 0.05) is 0 Å². The Morgan fingerprint density at radius 2 is 0.476 bits per heavy atom. The summed E-state index contributed by atoms with van der Waals surface area (Å²) in [5.74, 6) is 0. The first-order valence-electron chi connectivity index (χ1n) is 13.4. The van der Waals surface area contributed by atoms with Gasteiger partial charge in [0.25, 0.3) is 0 Å². The van der Waals surface area contributed by atoms with Gasteiger partial charge in [-0.1, -0.05) is 182 Å². The molecule has 0 aliphatic carbocycles. The molecule has 0 unspecified atom stereocenters. The van der Waals surface area contributed by atoms with Crippen molar-refractivity contribution in [3.05, 3.63) is 182 Å². The monoisotopic (exact) mass is 872 g/mol. The average molecular weight is 872 g/mol. The molecule has 0 heterocycles. The van der Waals surface area contributed by atoms with Gasteiger partial charge in [-0.25, -0.2) is 0 Å². The maximum Gasteiger partial charge on any atom is -0.0134 e. The average Bonchev–Trinajstić information content (AvgIpc) is 3.05. The van der Waals surface area contributed by atoms with Crippen molar-refractivity contribution in [3.63, 3.8) is 0 Å². The van der Waals surface area contributed by atoms with Gasteiger partial charge in [-0.2, -0.15) is 0 Å². The van der Waals surface area contributed by atoms with Crippen LogP contribution in [0.5, 0.6) is 0 Å². The molecule has 0 amide bonds. The van der Waals surface area contributed by atoms with E-state index in [0.717, 1.165) is 0 Å². The minimum absolute atomic E-state index is 0.137. The second-order valence-electron chi connectivity index (χ2n) is 8.89. The smallest absolute Gasteiger partial charge is 0.0134 e. The van der Waals surface area contributed by atoms with E-state index < -0.39 is 15.8 Å². The van der Waals surface area contributed by atoms with Crippen LogP contribution in [0.4, 0.5) is 4.79 Å². The number of rotatable bonds is 6. The van der Waals surface area contributed by atoms with Gasteiger partial charge >= 0.3 is 48.6 Å². The van der Waals surface area contributed by atoms with Gasteiger partial charge in [-0.05, 0) is 47.7 Å². The minimum Gasteiger partial charge on any atom is -0.0622 e. The van der Waals surface area contributed by atoms with Crippen LogP contribution in [0.1, 0.15) is 0 Å². The quantitative estimate of drug-likeness (QED) is 0.0944. The molecule has 0 saturated carbocycles. The van der Waals surface area contributed by atoms with Crippen LogP contribution in [0.2, 0.25) is 0 Å². The van der Waals surface area contributed by atoms with Crippen LogP contribution < -0.4 is 31.8 Å². The molecule has 6 aromatic carbocycles. The summed E-state index contributed by atoms with van der Waals surface area (Å²) in [6, 6.07) is 64.7. The number of halogens is 1. The molecule has 0 aliphatic heterocycles. The van der Waals surface area contributed by atoms with E-state index in [9.17, 15) is 4.79 Å². The predicted molar refractivity (Wildman–Crippen MR) is 190 cm³/mol. The molecule has 0 N–H and O–H groups in total. The molecule has 0 atom stereocenters. The molecule has 0 saturated heterocycles. The van der Waals surface area contributed by atoms with E-state index in [1.165, 1.54) is 50.7 Å². The Hall–Kier alpha value is -2.77. The fourth-order valence-electron chi connectivity index (χ4n) is 4.36. The van der Waals surface area contributed by atoms with Gasteiger partial charge in [0.1, 0.15) is 0 Å². The minimum atomic E-state index is -0.446. The molecule has 6 aromatic rings. The number of carbonyl (C=O) groups excluding carboxylic acids is 1. The molecular formula is C37H30IIrOP2. The van der Waals surface area contributed by atoms with Gasteiger partial charge in [-0.15, -0.1) is 0 Å². The van der Waals surface area contributed by atoms with Crippen LogP contribution in [0.15, 0.2) is 182 Å². The molecule has 0 aliphatic rings. The van der Waals surface area contributed by atoms with Crippen molar-refractivity contribution in [2.24, 2.45) is 0 Å². The Kier molecular flexibility index (Phi) is 13.8. The molecule has 42 heavy (non-hydrogen) atoms. The van der Waals surface area contributed by atoms with Gasteiger partial charge in [0.05, 0.1) is 0 Å². The molecule has 1 nitrogen and oxygen atoms in total. The molecular weight excluding hydrogens is 841 g/mol. The fourth-order valence-corrected chi connectivity index (χ4v) is 8.97. The van der Waals surface area contributed by atoms with Crippen LogP contribution in [0.25, 0.3) is 0 Å². The van der Waals surface area contributed by atoms with E-state index in [1.807, 2.05) is 0 Å². The Bertz CT molecular complexity index is 1280. The van der Waals surface area contributed by atoms with Gasteiger partial charge in [0.15, 0.2) is 0 Å². The summed E-state index contributed by atoms with van der Waals surface area (Å²) in [4.78, 5) is 9.43. The number of hydrogen-bond donors (Lipinski definition) is 0. The standard InChI is InChI=1S/2C18H15P.CIO.Ir/c2*1-4-10-16(11-5-1)19(17-12-6-2-7-13-17)18-14-8-3-9-15-18;2-1-3;/h2*1-15H;;. The summed E-state index contributed by atoms with van der Waals surface area (Å²) >= 11 is 3.22. The van der Waals surface area contributed by atoms with Crippen molar-refractivity contribution >= 4 is 72.6 Å². The topological polar surface area (TPSA) is 17.1 Å². The largest absolute Gasteiger partial charge is 0.0622 e. The summed E-state index contributed by atoms with van der Waals surface area (Å²) in [7, 11) is -0.892. The summed E-state index contributed by atoms with van der Waals surface area (Å²) in [6.45, 7) is 0. The molecule has 0 radical (unpaired) electrons. The summed E-state index contributed by atoms with van der Waals surface area (Å²) in [5.41, 5.74) is 0. The zero-order chi connectivity index (χ0) is 29.4. The molecule has 0 spiro atoms. The van der Waals surface area contributed by atoms with Gasteiger partial charge in [-0.3, -0.25) is 0 Å². The van der Waals surface area contributed by atoms with Gasteiger partial charge in [0.2, 0.25) is 0 Å². The van der Waals surface area contributed by atoms with Crippen LogP contribution in [-0.4, -0.2) is 2.30 Å². The van der Waals surface area contributed by atoms with E-state index in [2.05, 4.69) is 182 Å². The Labute approximate surface area is 276 Å². The molecule has 210 valence electrons. The van der Waals surface area contributed by atoms with Crippen molar-refractivity contribution in [2.75, 3.05) is 0 Å². The fraction of sp³-hybridized carbons (Fsp3) is 0. The third-order valence-electron chi connectivity index (χ3n) is 6.09. The molecule has 0 fully saturated rings. The maximum atomic E-state index is 9.43. The third-order valence-corrected chi connectivity index (χ3v) is 11.0. The molecule has 5 heteroatoms. The van der Waals surface area contributed by atoms with Crippen molar-refractivity contribution in [3.8, 4) is 0 Å². The zero-order valence-electron chi connectivity index (χ0n) is 22.8. The number of benzene rings is 6. The Balaban J connectivity index is 0.000000171. The second-order valence-corrected chi connectivity index (χ2v) is 17.7. The summed E-state index contributed by atoms with van der Waals surface area (Å²) in [6.07, 6.45) is 0. The van der Waals surface area contributed by atoms with Crippen LogP contribution in [0, 0.1) is 0 Å². The molecule has 0 aromatic heterocycles. The van der Waals surface area contributed by atoms with Crippen molar-refractivity contribution in [1.82, 2.24) is 0 Å². The van der Waals surface area contributed by atoms with Crippen LogP contribution in [-0.2, 0) is 18.9 Å². The number of carbonyl (C=O) groups is 1. The summed E-state index contributed by atoms with van der Waals surface area (Å²) < 4.78 is 0.137. The van der Waals surface area contributed by atoms with Crippen molar-refractivity contribution in [2.45, 2.75) is 0 Å². The Morgan fingerprint density at radius 1 is 0.357 bits per heavy atom. The molecule has 0 bridgehead atoms. The second kappa shape index (κ2) is 18.0. The van der Waals surface area contributed by atoms with Crippen molar-refractivity contribution < 1.29 is 23.7 Å². The first-order chi connectivity index (χ1) is 20.6. The van der Waals surface area contributed by atoms with E-state index in [4.69, 9.17) is 0 Å². The van der Waals surface area contributed by atoms with E-state index >= 15 is 0 Å². The van der Waals surface area contributed by atoms with Crippen molar-refractivity contribution in [1.29, 1.82) is 0 Å². The predicted octanol–water partition coefficient (Wildman–Crippen LogP) is 7.98.